The summed E-state index contributed by atoms with van der Waals surface area (Å²) in [4.78, 5) is 11.9. The summed E-state index contributed by atoms with van der Waals surface area (Å²) in [6, 6.07) is 7.59. The largest absolute Gasteiger partial charge is 0.356 e. The molecule has 0 bridgehead atoms. The van der Waals surface area contributed by atoms with E-state index in [-0.39, 0.29) is 5.91 Å². The number of nitrogens with one attached hydrogen (secondary N) is 1. The summed E-state index contributed by atoms with van der Waals surface area (Å²) in [5.41, 5.74) is 0.973. The van der Waals surface area contributed by atoms with Crippen molar-refractivity contribution in [1.82, 2.24) is 19.7 Å². The van der Waals surface area contributed by atoms with Crippen LogP contribution in [0.15, 0.2) is 24.3 Å². The number of carbonyl (C=O) groups excluding carboxylic acids is 1. The zero-order chi connectivity index (χ0) is 18.2. The highest BCUT2D eigenvalue weighted by molar-refractivity contribution is 7.71. The molecule has 1 aromatic carbocycles. The van der Waals surface area contributed by atoms with Gasteiger partial charge in [0.15, 0.2) is 10.6 Å². The van der Waals surface area contributed by atoms with Crippen molar-refractivity contribution in [3.63, 3.8) is 0 Å². The minimum absolute atomic E-state index is 0.0277. The minimum Gasteiger partial charge on any atom is -0.356 e. The van der Waals surface area contributed by atoms with Gasteiger partial charge in [0.1, 0.15) is 0 Å². The first-order valence-corrected chi connectivity index (χ1v) is 9.55. The van der Waals surface area contributed by atoms with Gasteiger partial charge >= 0.3 is 0 Å². The molecule has 1 amide bonds. The smallest absolute Gasteiger partial charge is 0.221 e. The molecular formula is C18H25ClN4OS. The second kappa shape index (κ2) is 9.73. The normalized spacial score (nSPS) is 10.8. The van der Waals surface area contributed by atoms with E-state index in [2.05, 4.69) is 17.3 Å². The highest BCUT2D eigenvalue weighted by Gasteiger charge is 2.13. The molecule has 0 radical (unpaired) electrons. The molecular weight excluding hydrogens is 356 g/mol. The molecule has 0 saturated carbocycles. The fourth-order valence-corrected chi connectivity index (χ4v) is 2.91. The Morgan fingerprint density at radius 2 is 1.92 bits per heavy atom. The molecule has 0 atom stereocenters. The van der Waals surface area contributed by atoms with E-state index in [1.807, 2.05) is 35.8 Å². The third kappa shape index (κ3) is 5.41. The second-order valence-electron chi connectivity index (χ2n) is 5.94. The van der Waals surface area contributed by atoms with Crippen molar-refractivity contribution in [3.05, 3.63) is 34.1 Å². The van der Waals surface area contributed by atoms with Gasteiger partial charge in [-0.2, -0.15) is 5.10 Å². The number of benzene rings is 1. The van der Waals surface area contributed by atoms with Crippen LogP contribution in [0.25, 0.3) is 11.4 Å². The van der Waals surface area contributed by atoms with Crippen LogP contribution in [-0.2, 0) is 17.9 Å². The van der Waals surface area contributed by atoms with Gasteiger partial charge in [-0.1, -0.05) is 31.9 Å². The monoisotopic (exact) mass is 380 g/mol. The number of unbranched alkanes of at least 4 members (excludes halogenated alkanes) is 1. The SMILES string of the molecule is CCCCn1c(-c2ccc(Cl)cc2)nn(CCC(=O)NCCC)c1=S. The first-order valence-electron chi connectivity index (χ1n) is 8.77. The Labute approximate surface area is 159 Å². The summed E-state index contributed by atoms with van der Waals surface area (Å²) in [5.74, 6) is 0.851. The molecule has 0 spiro atoms. The average Bonchev–Trinajstić information content (AvgIpc) is 2.93. The van der Waals surface area contributed by atoms with Crippen molar-refractivity contribution in [2.45, 2.75) is 52.6 Å². The summed E-state index contributed by atoms with van der Waals surface area (Å²) < 4.78 is 4.45. The van der Waals surface area contributed by atoms with Gasteiger partial charge in [0.05, 0.1) is 6.54 Å². The lowest BCUT2D eigenvalue weighted by atomic mass is 10.2. The van der Waals surface area contributed by atoms with Gasteiger partial charge in [0.2, 0.25) is 5.91 Å². The fourth-order valence-electron chi connectivity index (χ4n) is 2.48. The Bertz CT molecular complexity index is 751. The Kier molecular flexibility index (Phi) is 7.65. The van der Waals surface area contributed by atoms with Crippen LogP contribution < -0.4 is 5.32 Å². The molecule has 0 aliphatic heterocycles. The van der Waals surface area contributed by atoms with Gasteiger partial charge in [0.25, 0.3) is 0 Å². The second-order valence-corrected chi connectivity index (χ2v) is 6.74. The lowest BCUT2D eigenvalue weighted by Gasteiger charge is -2.05. The molecule has 7 heteroatoms. The molecule has 136 valence electrons. The third-order valence-electron chi connectivity index (χ3n) is 3.88. The van der Waals surface area contributed by atoms with E-state index in [1.54, 1.807) is 4.68 Å². The maximum Gasteiger partial charge on any atom is 0.221 e. The summed E-state index contributed by atoms with van der Waals surface area (Å²) in [6.45, 7) is 6.17. The Hall–Kier alpha value is -1.66. The topological polar surface area (TPSA) is 51.9 Å². The zero-order valence-electron chi connectivity index (χ0n) is 14.8. The standard InChI is InChI=1S/C18H25ClN4OS/c1-3-5-12-22-17(14-6-8-15(19)9-7-14)21-23(18(22)25)13-10-16(24)20-11-4-2/h6-9H,3-5,10-13H2,1-2H3,(H,20,24). The summed E-state index contributed by atoms with van der Waals surface area (Å²) in [5, 5.41) is 8.24. The van der Waals surface area contributed by atoms with Crippen molar-refractivity contribution >= 4 is 29.7 Å². The van der Waals surface area contributed by atoms with Crippen LogP contribution in [0, 0.1) is 4.77 Å². The van der Waals surface area contributed by atoms with Gasteiger partial charge in [0, 0.05) is 30.1 Å². The van der Waals surface area contributed by atoms with Gasteiger partial charge in [-0.3, -0.25) is 9.36 Å². The highest BCUT2D eigenvalue weighted by Crippen LogP contribution is 2.21. The van der Waals surface area contributed by atoms with Crippen LogP contribution in [0.4, 0.5) is 0 Å². The lowest BCUT2D eigenvalue weighted by Crippen LogP contribution is -2.25. The fraction of sp³-hybridized carbons (Fsp3) is 0.500. The molecule has 0 aliphatic rings. The Balaban J connectivity index is 2.24. The minimum atomic E-state index is 0.0277. The number of hydrogen-bond donors (Lipinski definition) is 1. The van der Waals surface area contributed by atoms with E-state index in [0.717, 1.165) is 37.2 Å². The third-order valence-corrected chi connectivity index (χ3v) is 4.57. The number of halogens is 1. The van der Waals surface area contributed by atoms with Gasteiger partial charge < -0.3 is 5.32 Å². The first kappa shape index (κ1) is 19.7. The quantitative estimate of drug-likeness (QED) is 0.654. The van der Waals surface area contributed by atoms with E-state index in [1.165, 1.54) is 0 Å². The number of aryl methyl sites for hydroxylation is 1. The number of hydrogen-bond acceptors (Lipinski definition) is 3. The average molecular weight is 381 g/mol. The van der Waals surface area contributed by atoms with Gasteiger partial charge in [-0.15, -0.1) is 0 Å². The van der Waals surface area contributed by atoms with Crippen LogP contribution in [0.1, 0.15) is 39.5 Å². The van der Waals surface area contributed by atoms with Crippen molar-refractivity contribution < 1.29 is 4.79 Å². The lowest BCUT2D eigenvalue weighted by molar-refractivity contribution is -0.121. The van der Waals surface area contributed by atoms with Crippen LogP contribution in [0.5, 0.6) is 0 Å². The summed E-state index contributed by atoms with van der Waals surface area (Å²) >= 11 is 11.6. The van der Waals surface area contributed by atoms with Gasteiger partial charge in [-0.05, 0) is 49.3 Å². The molecule has 1 N–H and O–H groups in total. The number of aromatic nitrogens is 3. The molecule has 1 heterocycles. The van der Waals surface area contributed by atoms with E-state index < -0.39 is 0 Å². The van der Waals surface area contributed by atoms with Crippen molar-refractivity contribution in [2.75, 3.05) is 6.54 Å². The van der Waals surface area contributed by atoms with E-state index in [0.29, 0.717) is 29.3 Å². The summed E-state index contributed by atoms with van der Waals surface area (Å²) in [7, 11) is 0. The maximum atomic E-state index is 11.9. The van der Waals surface area contributed by atoms with Crippen molar-refractivity contribution in [3.8, 4) is 11.4 Å². The zero-order valence-corrected chi connectivity index (χ0v) is 16.4. The van der Waals surface area contributed by atoms with E-state index >= 15 is 0 Å². The predicted molar refractivity (Wildman–Crippen MR) is 104 cm³/mol. The molecule has 0 aliphatic carbocycles. The van der Waals surface area contributed by atoms with Crippen LogP contribution in [0.2, 0.25) is 5.02 Å². The van der Waals surface area contributed by atoms with Crippen molar-refractivity contribution in [1.29, 1.82) is 0 Å². The molecule has 5 nitrogen and oxygen atoms in total. The molecule has 1 aromatic heterocycles. The Morgan fingerprint density at radius 3 is 2.56 bits per heavy atom. The number of rotatable bonds is 9. The molecule has 2 aromatic rings. The summed E-state index contributed by atoms with van der Waals surface area (Å²) in [6.07, 6.45) is 3.40. The number of amides is 1. The molecule has 0 saturated heterocycles. The van der Waals surface area contributed by atoms with Crippen LogP contribution in [-0.4, -0.2) is 26.8 Å². The van der Waals surface area contributed by atoms with Crippen LogP contribution in [0.3, 0.4) is 0 Å². The molecule has 25 heavy (non-hydrogen) atoms. The highest BCUT2D eigenvalue weighted by atomic mass is 35.5. The number of carbonyl (C=O) groups is 1. The van der Waals surface area contributed by atoms with E-state index in [9.17, 15) is 4.79 Å². The first-order chi connectivity index (χ1) is 12.1. The maximum absolute atomic E-state index is 11.9. The predicted octanol–water partition coefficient (Wildman–Crippen LogP) is 4.45. The molecule has 2 rings (SSSR count). The van der Waals surface area contributed by atoms with E-state index in [4.69, 9.17) is 23.8 Å². The van der Waals surface area contributed by atoms with Gasteiger partial charge in [-0.25, -0.2) is 4.68 Å². The van der Waals surface area contributed by atoms with Crippen LogP contribution >= 0.6 is 23.8 Å². The molecule has 0 unspecified atom stereocenters. The Morgan fingerprint density at radius 1 is 1.20 bits per heavy atom. The number of nitrogens with zero attached hydrogens (tertiary/aromatic N) is 3. The van der Waals surface area contributed by atoms with Crippen molar-refractivity contribution in [2.24, 2.45) is 0 Å². The molecule has 0 fully saturated rings.